The zero-order chi connectivity index (χ0) is 13.3. The van der Waals surface area contributed by atoms with Crippen molar-refractivity contribution in [2.45, 2.75) is 58.4 Å². The van der Waals surface area contributed by atoms with Gasteiger partial charge < -0.3 is 5.32 Å². The molecule has 3 nitrogen and oxygen atoms in total. The molecule has 1 aliphatic carbocycles. The first kappa shape index (κ1) is 13.2. The van der Waals surface area contributed by atoms with E-state index in [1.807, 2.05) is 0 Å². The van der Waals surface area contributed by atoms with Crippen molar-refractivity contribution in [3.63, 3.8) is 0 Å². The van der Waals surface area contributed by atoms with Crippen LogP contribution in [0.1, 0.15) is 57.7 Å². The molecule has 1 saturated carbocycles. The highest BCUT2D eigenvalue weighted by atomic mass is 15.3. The van der Waals surface area contributed by atoms with Crippen molar-refractivity contribution in [1.29, 1.82) is 0 Å². The average Bonchev–Trinajstić information content (AvgIpc) is 2.83. The second kappa shape index (κ2) is 5.28. The first-order valence-corrected chi connectivity index (χ1v) is 7.94. The second-order valence-corrected chi connectivity index (χ2v) is 6.88. The van der Waals surface area contributed by atoms with Gasteiger partial charge in [-0.3, -0.25) is 4.68 Å². The lowest BCUT2D eigenvalue weighted by Gasteiger charge is -2.46. The summed E-state index contributed by atoms with van der Waals surface area (Å²) in [6.45, 7) is 7.00. The van der Waals surface area contributed by atoms with Gasteiger partial charge >= 0.3 is 0 Å². The smallest absolute Gasteiger partial charge is 0.0631 e. The van der Waals surface area contributed by atoms with E-state index in [1.165, 1.54) is 37.8 Å². The summed E-state index contributed by atoms with van der Waals surface area (Å²) in [4.78, 5) is 0. The van der Waals surface area contributed by atoms with Gasteiger partial charge in [-0.1, -0.05) is 33.1 Å². The Morgan fingerprint density at radius 2 is 2.05 bits per heavy atom. The lowest BCUT2D eigenvalue weighted by molar-refractivity contribution is 0.0977. The summed E-state index contributed by atoms with van der Waals surface area (Å²) < 4.78 is 2.24. The van der Waals surface area contributed by atoms with E-state index >= 15 is 0 Å². The first-order valence-electron chi connectivity index (χ1n) is 7.94. The second-order valence-electron chi connectivity index (χ2n) is 6.88. The summed E-state index contributed by atoms with van der Waals surface area (Å²) >= 11 is 0. The van der Waals surface area contributed by atoms with Crippen LogP contribution in [0.2, 0.25) is 0 Å². The van der Waals surface area contributed by atoms with Crippen LogP contribution in [-0.2, 0) is 6.42 Å². The van der Waals surface area contributed by atoms with Gasteiger partial charge in [-0.15, -0.1) is 0 Å². The van der Waals surface area contributed by atoms with Crippen LogP contribution in [0.15, 0.2) is 12.3 Å². The Kier molecular flexibility index (Phi) is 3.66. The highest BCUT2D eigenvalue weighted by Crippen LogP contribution is 2.35. The molecule has 1 aromatic heterocycles. The van der Waals surface area contributed by atoms with Crippen molar-refractivity contribution in [3.05, 3.63) is 18.0 Å². The molecule has 2 fully saturated rings. The van der Waals surface area contributed by atoms with E-state index in [1.54, 1.807) is 0 Å². The number of hydrogen-bond donors (Lipinski definition) is 1. The van der Waals surface area contributed by atoms with Crippen LogP contribution < -0.4 is 5.32 Å². The van der Waals surface area contributed by atoms with Gasteiger partial charge in [0.05, 0.1) is 11.7 Å². The summed E-state index contributed by atoms with van der Waals surface area (Å²) in [5.41, 5.74) is 1.74. The molecule has 3 heteroatoms. The van der Waals surface area contributed by atoms with Gasteiger partial charge in [0.1, 0.15) is 0 Å². The molecule has 0 aromatic carbocycles. The third-order valence-corrected chi connectivity index (χ3v) is 5.32. The Balaban J connectivity index is 1.67. The summed E-state index contributed by atoms with van der Waals surface area (Å²) in [6.07, 6.45) is 10.1. The van der Waals surface area contributed by atoms with E-state index in [0.29, 0.717) is 11.5 Å². The molecule has 3 rings (SSSR count). The molecule has 1 aliphatic heterocycles. The lowest BCUT2D eigenvalue weighted by atomic mass is 9.69. The maximum atomic E-state index is 4.87. The fraction of sp³-hybridized carbons (Fsp3) is 0.812. The zero-order valence-corrected chi connectivity index (χ0v) is 12.4. The molecule has 19 heavy (non-hydrogen) atoms. The van der Waals surface area contributed by atoms with E-state index < -0.39 is 0 Å². The highest BCUT2D eigenvalue weighted by Gasteiger charge is 2.40. The van der Waals surface area contributed by atoms with Crippen LogP contribution in [0.25, 0.3) is 0 Å². The van der Waals surface area contributed by atoms with Gasteiger partial charge in [0.25, 0.3) is 0 Å². The average molecular weight is 261 g/mol. The number of hydrogen-bond acceptors (Lipinski definition) is 2. The standard InChI is InChI=1S/C16H27N3/c1-13(2)16(11-17-12-16)10-14-8-9-19(18-14)15-6-4-3-5-7-15/h8-9,13,15,17H,3-7,10-12H2,1-2H3. The maximum absolute atomic E-state index is 4.87. The minimum absolute atomic E-state index is 0.450. The monoisotopic (exact) mass is 261 g/mol. The quantitative estimate of drug-likeness (QED) is 0.902. The summed E-state index contributed by atoms with van der Waals surface area (Å²) in [5, 5.41) is 8.31. The van der Waals surface area contributed by atoms with Gasteiger partial charge in [0.2, 0.25) is 0 Å². The molecule has 1 aromatic rings. The third kappa shape index (κ3) is 2.58. The third-order valence-electron chi connectivity index (χ3n) is 5.32. The van der Waals surface area contributed by atoms with Gasteiger partial charge in [0.15, 0.2) is 0 Å². The SMILES string of the molecule is CC(C)C1(Cc2ccn(C3CCCCC3)n2)CNC1. The molecular weight excluding hydrogens is 234 g/mol. The Morgan fingerprint density at radius 1 is 1.32 bits per heavy atom. The van der Waals surface area contributed by atoms with E-state index in [0.717, 1.165) is 25.4 Å². The van der Waals surface area contributed by atoms with Crippen LogP contribution in [-0.4, -0.2) is 22.9 Å². The topological polar surface area (TPSA) is 29.9 Å². The Hall–Kier alpha value is -0.830. The van der Waals surface area contributed by atoms with E-state index in [9.17, 15) is 0 Å². The van der Waals surface area contributed by atoms with E-state index in [2.05, 4.69) is 36.1 Å². The number of rotatable bonds is 4. The molecule has 0 bridgehead atoms. The molecule has 0 amide bonds. The van der Waals surface area contributed by atoms with Crippen LogP contribution in [0.5, 0.6) is 0 Å². The minimum atomic E-state index is 0.450. The van der Waals surface area contributed by atoms with Gasteiger partial charge in [-0.25, -0.2) is 0 Å². The molecule has 0 atom stereocenters. The van der Waals surface area contributed by atoms with E-state index in [-0.39, 0.29) is 0 Å². The van der Waals surface area contributed by atoms with Crippen molar-refractivity contribution >= 4 is 0 Å². The van der Waals surface area contributed by atoms with Crippen molar-refractivity contribution in [2.75, 3.05) is 13.1 Å². The maximum Gasteiger partial charge on any atom is 0.0631 e. The molecule has 0 unspecified atom stereocenters. The number of nitrogens with zero attached hydrogens (tertiary/aromatic N) is 2. The fourth-order valence-corrected chi connectivity index (χ4v) is 3.56. The molecule has 1 N–H and O–H groups in total. The van der Waals surface area contributed by atoms with Crippen molar-refractivity contribution in [1.82, 2.24) is 15.1 Å². The molecule has 2 aliphatic rings. The van der Waals surface area contributed by atoms with Gasteiger partial charge in [-0.2, -0.15) is 5.10 Å². The predicted molar refractivity (Wildman–Crippen MR) is 78.2 cm³/mol. The van der Waals surface area contributed by atoms with Crippen molar-refractivity contribution < 1.29 is 0 Å². The van der Waals surface area contributed by atoms with Crippen LogP contribution in [0, 0.1) is 11.3 Å². The van der Waals surface area contributed by atoms with E-state index in [4.69, 9.17) is 5.10 Å². The molecule has 0 radical (unpaired) electrons. The highest BCUT2D eigenvalue weighted by molar-refractivity contribution is 5.08. The predicted octanol–water partition coefficient (Wildman–Crippen LogP) is 3.18. The molecular formula is C16H27N3. The van der Waals surface area contributed by atoms with Gasteiger partial charge in [0, 0.05) is 24.7 Å². The summed E-state index contributed by atoms with van der Waals surface area (Å²) in [7, 11) is 0. The summed E-state index contributed by atoms with van der Waals surface area (Å²) in [5.74, 6) is 0.730. The fourth-order valence-electron chi connectivity index (χ4n) is 3.56. The largest absolute Gasteiger partial charge is 0.315 e. The van der Waals surface area contributed by atoms with Crippen molar-refractivity contribution in [2.24, 2.45) is 11.3 Å². The molecule has 1 saturated heterocycles. The summed E-state index contributed by atoms with van der Waals surface area (Å²) in [6, 6.07) is 2.91. The van der Waals surface area contributed by atoms with Gasteiger partial charge in [-0.05, 0) is 31.2 Å². The van der Waals surface area contributed by atoms with Crippen LogP contribution in [0.4, 0.5) is 0 Å². The number of aromatic nitrogens is 2. The first-order chi connectivity index (χ1) is 9.20. The van der Waals surface area contributed by atoms with Crippen LogP contribution >= 0.6 is 0 Å². The molecule has 2 heterocycles. The Bertz CT molecular complexity index is 411. The zero-order valence-electron chi connectivity index (χ0n) is 12.4. The number of nitrogens with one attached hydrogen (secondary N) is 1. The molecule has 106 valence electrons. The Morgan fingerprint density at radius 3 is 2.63 bits per heavy atom. The van der Waals surface area contributed by atoms with Crippen LogP contribution in [0.3, 0.4) is 0 Å². The van der Waals surface area contributed by atoms with Crippen molar-refractivity contribution in [3.8, 4) is 0 Å². The normalized spacial score (nSPS) is 23.5. The molecule has 0 spiro atoms. The lowest BCUT2D eigenvalue weighted by Crippen LogP contribution is -2.57. The Labute approximate surface area is 116 Å². The minimum Gasteiger partial charge on any atom is -0.315 e.